The van der Waals surface area contributed by atoms with Crippen molar-refractivity contribution in [2.24, 2.45) is 0 Å². The van der Waals surface area contributed by atoms with Crippen molar-refractivity contribution in [3.63, 3.8) is 0 Å². The maximum absolute atomic E-state index is 13.6. The standard InChI is InChI=1S/C14H18FNO4/c1-9(17)12-5-4-11(8-13(12)15)20-10(2)14(18)16-6-7-19-3/h4-5,8,10H,6-7H2,1-3H3,(H,16,18). The fourth-order valence-corrected chi connectivity index (χ4v) is 1.53. The van der Waals surface area contributed by atoms with Crippen LogP contribution >= 0.6 is 0 Å². The molecule has 0 aromatic heterocycles. The minimum absolute atomic E-state index is 0.00505. The molecule has 1 N–H and O–H groups in total. The fraction of sp³-hybridized carbons (Fsp3) is 0.429. The molecule has 1 atom stereocenters. The number of hydrogen-bond donors (Lipinski definition) is 1. The third-order valence-electron chi connectivity index (χ3n) is 2.61. The number of amides is 1. The second-order valence-electron chi connectivity index (χ2n) is 4.24. The van der Waals surface area contributed by atoms with Gasteiger partial charge in [0.2, 0.25) is 0 Å². The number of Topliss-reactive ketones (excluding diaryl/α,β-unsaturated/α-hetero) is 1. The number of ether oxygens (including phenoxy) is 2. The Balaban J connectivity index is 2.62. The molecule has 1 amide bonds. The molecule has 110 valence electrons. The Morgan fingerprint density at radius 2 is 2.10 bits per heavy atom. The molecule has 0 saturated carbocycles. The molecule has 1 rings (SSSR count). The Kier molecular flexibility index (Phi) is 6.11. The van der Waals surface area contributed by atoms with Crippen molar-refractivity contribution < 1.29 is 23.5 Å². The number of hydrogen-bond acceptors (Lipinski definition) is 4. The van der Waals surface area contributed by atoms with Gasteiger partial charge in [0, 0.05) is 19.7 Å². The van der Waals surface area contributed by atoms with E-state index in [4.69, 9.17) is 9.47 Å². The Hall–Kier alpha value is -1.95. The van der Waals surface area contributed by atoms with Crippen molar-refractivity contribution in [1.82, 2.24) is 5.32 Å². The maximum Gasteiger partial charge on any atom is 0.260 e. The number of benzene rings is 1. The predicted molar refractivity (Wildman–Crippen MR) is 71.4 cm³/mol. The lowest BCUT2D eigenvalue weighted by Crippen LogP contribution is -2.37. The van der Waals surface area contributed by atoms with E-state index in [1.807, 2.05) is 0 Å². The minimum atomic E-state index is -0.769. The maximum atomic E-state index is 13.6. The van der Waals surface area contributed by atoms with E-state index in [1.54, 1.807) is 6.92 Å². The Morgan fingerprint density at radius 1 is 1.40 bits per heavy atom. The molecule has 1 unspecified atom stereocenters. The molecular formula is C14H18FNO4. The Morgan fingerprint density at radius 3 is 2.65 bits per heavy atom. The number of rotatable bonds is 7. The monoisotopic (exact) mass is 283 g/mol. The van der Waals surface area contributed by atoms with Crippen molar-refractivity contribution in [2.45, 2.75) is 20.0 Å². The summed E-state index contributed by atoms with van der Waals surface area (Å²) in [6.07, 6.45) is -0.769. The lowest BCUT2D eigenvalue weighted by atomic mass is 10.1. The highest BCUT2D eigenvalue weighted by Gasteiger charge is 2.15. The van der Waals surface area contributed by atoms with Gasteiger partial charge in [0.15, 0.2) is 11.9 Å². The third kappa shape index (κ3) is 4.62. The molecule has 6 heteroatoms. The lowest BCUT2D eigenvalue weighted by Gasteiger charge is -2.15. The van der Waals surface area contributed by atoms with Crippen LogP contribution in [-0.2, 0) is 9.53 Å². The summed E-state index contributed by atoms with van der Waals surface area (Å²) in [7, 11) is 1.53. The second kappa shape index (κ2) is 7.59. The summed E-state index contributed by atoms with van der Waals surface area (Å²) in [6.45, 7) is 3.62. The van der Waals surface area contributed by atoms with E-state index in [-0.39, 0.29) is 23.0 Å². The molecule has 0 heterocycles. The van der Waals surface area contributed by atoms with Crippen LogP contribution in [0.25, 0.3) is 0 Å². The summed E-state index contributed by atoms with van der Waals surface area (Å²) in [5.41, 5.74) is -0.00505. The molecule has 1 aromatic rings. The van der Waals surface area contributed by atoms with Crippen molar-refractivity contribution in [1.29, 1.82) is 0 Å². The van der Waals surface area contributed by atoms with Gasteiger partial charge >= 0.3 is 0 Å². The highest BCUT2D eigenvalue weighted by atomic mass is 19.1. The van der Waals surface area contributed by atoms with E-state index in [0.29, 0.717) is 13.2 Å². The molecule has 0 aliphatic carbocycles. The molecule has 0 radical (unpaired) electrons. The molecular weight excluding hydrogens is 265 g/mol. The summed E-state index contributed by atoms with van der Waals surface area (Å²) in [4.78, 5) is 22.7. The van der Waals surface area contributed by atoms with E-state index in [2.05, 4.69) is 5.32 Å². The van der Waals surface area contributed by atoms with E-state index >= 15 is 0 Å². The quantitative estimate of drug-likeness (QED) is 0.609. The van der Waals surface area contributed by atoms with Crippen LogP contribution in [0.1, 0.15) is 24.2 Å². The van der Waals surface area contributed by atoms with Gasteiger partial charge in [-0.3, -0.25) is 9.59 Å². The number of carbonyl (C=O) groups excluding carboxylic acids is 2. The van der Waals surface area contributed by atoms with Crippen molar-refractivity contribution in [3.8, 4) is 5.75 Å². The molecule has 0 spiro atoms. The first-order valence-corrected chi connectivity index (χ1v) is 6.19. The number of ketones is 1. The minimum Gasteiger partial charge on any atom is -0.481 e. The number of nitrogens with one attached hydrogen (secondary N) is 1. The van der Waals surface area contributed by atoms with Gasteiger partial charge in [-0.15, -0.1) is 0 Å². The first-order valence-electron chi connectivity index (χ1n) is 6.19. The smallest absolute Gasteiger partial charge is 0.260 e. The van der Waals surface area contributed by atoms with Gasteiger partial charge in [-0.2, -0.15) is 0 Å². The van der Waals surface area contributed by atoms with Crippen LogP contribution in [0.5, 0.6) is 5.75 Å². The second-order valence-corrected chi connectivity index (χ2v) is 4.24. The zero-order valence-corrected chi connectivity index (χ0v) is 11.7. The molecule has 20 heavy (non-hydrogen) atoms. The molecule has 0 aliphatic heterocycles. The van der Waals surface area contributed by atoms with Gasteiger partial charge in [-0.05, 0) is 26.0 Å². The average Bonchev–Trinajstić information content (AvgIpc) is 2.38. The van der Waals surface area contributed by atoms with Crippen LogP contribution in [0.15, 0.2) is 18.2 Å². The highest BCUT2D eigenvalue weighted by molar-refractivity contribution is 5.94. The van der Waals surface area contributed by atoms with Crippen LogP contribution in [0.3, 0.4) is 0 Å². The normalized spacial score (nSPS) is 11.8. The van der Waals surface area contributed by atoms with Crippen LogP contribution in [0.4, 0.5) is 4.39 Å². The van der Waals surface area contributed by atoms with Gasteiger partial charge in [0.1, 0.15) is 11.6 Å². The Labute approximate surface area is 117 Å². The summed E-state index contributed by atoms with van der Waals surface area (Å²) in [5, 5.41) is 2.61. The fourth-order valence-electron chi connectivity index (χ4n) is 1.53. The summed E-state index contributed by atoms with van der Waals surface area (Å²) < 4.78 is 23.7. The first kappa shape index (κ1) is 16.1. The molecule has 0 fully saturated rings. The summed E-state index contributed by atoms with van der Waals surface area (Å²) >= 11 is 0. The zero-order chi connectivity index (χ0) is 15.1. The van der Waals surface area contributed by atoms with E-state index in [9.17, 15) is 14.0 Å². The van der Waals surface area contributed by atoms with E-state index in [0.717, 1.165) is 6.07 Å². The molecule has 0 aliphatic rings. The van der Waals surface area contributed by atoms with Crippen molar-refractivity contribution >= 4 is 11.7 Å². The van der Waals surface area contributed by atoms with Crippen LogP contribution in [0.2, 0.25) is 0 Å². The van der Waals surface area contributed by atoms with Crippen LogP contribution in [-0.4, -0.2) is 38.1 Å². The molecule has 5 nitrogen and oxygen atoms in total. The number of methoxy groups -OCH3 is 1. The average molecular weight is 283 g/mol. The van der Waals surface area contributed by atoms with Crippen LogP contribution < -0.4 is 10.1 Å². The van der Waals surface area contributed by atoms with Gasteiger partial charge in [-0.1, -0.05) is 0 Å². The lowest BCUT2D eigenvalue weighted by molar-refractivity contribution is -0.127. The third-order valence-corrected chi connectivity index (χ3v) is 2.61. The van der Waals surface area contributed by atoms with Gasteiger partial charge < -0.3 is 14.8 Å². The van der Waals surface area contributed by atoms with Gasteiger partial charge in [-0.25, -0.2) is 4.39 Å². The SMILES string of the molecule is COCCNC(=O)C(C)Oc1ccc(C(C)=O)c(F)c1. The van der Waals surface area contributed by atoms with E-state index < -0.39 is 11.9 Å². The molecule has 0 bridgehead atoms. The van der Waals surface area contributed by atoms with Gasteiger partial charge in [0.25, 0.3) is 5.91 Å². The first-order chi connectivity index (χ1) is 9.45. The van der Waals surface area contributed by atoms with E-state index in [1.165, 1.54) is 26.2 Å². The summed E-state index contributed by atoms with van der Waals surface area (Å²) in [5.74, 6) is -1.15. The topological polar surface area (TPSA) is 64.6 Å². The Bertz CT molecular complexity index is 490. The van der Waals surface area contributed by atoms with Crippen molar-refractivity contribution in [2.75, 3.05) is 20.3 Å². The number of halogens is 1. The largest absolute Gasteiger partial charge is 0.481 e. The highest BCUT2D eigenvalue weighted by Crippen LogP contribution is 2.18. The molecule has 0 saturated heterocycles. The summed E-state index contributed by atoms with van der Waals surface area (Å²) in [6, 6.07) is 3.89. The van der Waals surface area contributed by atoms with Crippen LogP contribution in [0, 0.1) is 5.82 Å². The molecule has 1 aromatic carbocycles. The van der Waals surface area contributed by atoms with Crippen molar-refractivity contribution in [3.05, 3.63) is 29.6 Å². The predicted octanol–water partition coefficient (Wildman–Crippen LogP) is 1.56. The number of carbonyl (C=O) groups is 2. The van der Waals surface area contributed by atoms with Gasteiger partial charge in [0.05, 0.1) is 12.2 Å². The zero-order valence-electron chi connectivity index (χ0n) is 11.7.